The van der Waals surface area contributed by atoms with Crippen molar-refractivity contribution in [3.8, 4) is 0 Å². The van der Waals surface area contributed by atoms with E-state index in [1.54, 1.807) is 6.20 Å². The molecule has 1 fully saturated rings. The summed E-state index contributed by atoms with van der Waals surface area (Å²) in [5.74, 6) is 6.84. The molecule has 0 saturated carbocycles. The quantitative estimate of drug-likeness (QED) is 0.581. The third-order valence-corrected chi connectivity index (χ3v) is 3.94. The number of hydrazine groups is 1. The number of nitrogen functional groups attached to an aromatic ring is 1. The summed E-state index contributed by atoms with van der Waals surface area (Å²) < 4.78 is 0. The number of anilines is 2. The van der Waals surface area contributed by atoms with E-state index in [4.69, 9.17) is 5.84 Å². The van der Waals surface area contributed by atoms with Gasteiger partial charge in [-0.2, -0.15) is 15.1 Å². The molecule has 2 aromatic rings. The average Bonchev–Trinajstić information content (AvgIpc) is 2.95. The lowest BCUT2D eigenvalue weighted by Gasteiger charge is -2.37. The van der Waals surface area contributed by atoms with Gasteiger partial charge in [-0.15, -0.1) is 0 Å². The van der Waals surface area contributed by atoms with Crippen molar-refractivity contribution >= 4 is 22.8 Å². The van der Waals surface area contributed by atoms with Crippen molar-refractivity contribution in [1.82, 2.24) is 20.2 Å². The molecule has 2 aromatic heterocycles. The van der Waals surface area contributed by atoms with E-state index in [1.165, 1.54) is 32.1 Å². The van der Waals surface area contributed by atoms with Gasteiger partial charge >= 0.3 is 0 Å². The number of piperidine rings is 1. The van der Waals surface area contributed by atoms with Crippen LogP contribution in [0, 0.1) is 0 Å². The monoisotopic (exact) mass is 275 g/mol. The van der Waals surface area contributed by atoms with Crippen LogP contribution in [0.3, 0.4) is 0 Å². The molecule has 1 aliphatic heterocycles. The van der Waals surface area contributed by atoms with Crippen LogP contribution in [0.2, 0.25) is 0 Å². The van der Waals surface area contributed by atoms with Gasteiger partial charge in [-0.25, -0.2) is 5.84 Å². The first-order chi connectivity index (χ1) is 9.83. The number of aromatic amines is 1. The summed E-state index contributed by atoms with van der Waals surface area (Å²) in [6, 6.07) is 0.548. The highest BCUT2D eigenvalue weighted by Gasteiger charge is 2.25. The van der Waals surface area contributed by atoms with Gasteiger partial charge in [0.1, 0.15) is 5.82 Å². The molecule has 0 aliphatic carbocycles. The van der Waals surface area contributed by atoms with Crippen LogP contribution in [0.1, 0.15) is 39.0 Å². The van der Waals surface area contributed by atoms with Crippen LogP contribution in [-0.4, -0.2) is 32.8 Å². The molecule has 3 heterocycles. The number of H-pyrrole nitrogens is 1. The predicted molar refractivity (Wildman–Crippen MR) is 79.4 cm³/mol. The van der Waals surface area contributed by atoms with E-state index in [2.05, 4.69) is 37.4 Å². The Morgan fingerprint density at radius 2 is 2.35 bits per heavy atom. The molecule has 1 saturated heterocycles. The van der Waals surface area contributed by atoms with Crippen LogP contribution in [0.15, 0.2) is 6.20 Å². The van der Waals surface area contributed by atoms with Crippen LogP contribution in [0.25, 0.3) is 11.0 Å². The first kappa shape index (κ1) is 13.1. The molecule has 20 heavy (non-hydrogen) atoms. The third kappa shape index (κ3) is 2.29. The molecule has 1 aliphatic rings. The normalized spacial score (nSPS) is 19.5. The lowest BCUT2D eigenvalue weighted by atomic mass is 9.98. The van der Waals surface area contributed by atoms with Gasteiger partial charge in [0, 0.05) is 12.6 Å². The van der Waals surface area contributed by atoms with Crippen LogP contribution in [0.4, 0.5) is 11.8 Å². The molecule has 0 amide bonds. The van der Waals surface area contributed by atoms with Gasteiger partial charge in [-0.3, -0.25) is 10.5 Å². The second-order valence-corrected chi connectivity index (χ2v) is 5.28. The van der Waals surface area contributed by atoms with Gasteiger partial charge in [0.25, 0.3) is 0 Å². The number of hydrogen-bond acceptors (Lipinski definition) is 6. The molecule has 1 atom stereocenters. The predicted octanol–water partition coefficient (Wildman–Crippen LogP) is 1.80. The first-order valence-corrected chi connectivity index (χ1v) is 7.28. The second-order valence-electron chi connectivity index (χ2n) is 5.28. The second kappa shape index (κ2) is 5.62. The van der Waals surface area contributed by atoms with Crippen molar-refractivity contribution in [1.29, 1.82) is 0 Å². The molecule has 7 nitrogen and oxygen atoms in total. The highest BCUT2D eigenvalue weighted by atomic mass is 15.3. The number of nitrogens with two attached hydrogens (primary N) is 1. The van der Waals surface area contributed by atoms with Crippen LogP contribution < -0.4 is 16.2 Å². The van der Waals surface area contributed by atoms with E-state index in [-0.39, 0.29) is 0 Å². The summed E-state index contributed by atoms with van der Waals surface area (Å²) in [7, 11) is 0. The SMILES string of the molecule is CCCC1CCCCN1c1nc(NN)nc2[nH]ncc12. The van der Waals surface area contributed by atoms with E-state index < -0.39 is 0 Å². The molecule has 0 spiro atoms. The zero-order chi connectivity index (χ0) is 13.9. The van der Waals surface area contributed by atoms with Gasteiger partial charge in [0.05, 0.1) is 11.6 Å². The summed E-state index contributed by atoms with van der Waals surface area (Å²) in [5.41, 5.74) is 3.26. The molecule has 7 heteroatoms. The highest BCUT2D eigenvalue weighted by Crippen LogP contribution is 2.31. The Morgan fingerprint density at radius 1 is 1.45 bits per heavy atom. The smallest absolute Gasteiger partial charge is 0.241 e. The molecular formula is C13H21N7. The lowest BCUT2D eigenvalue weighted by molar-refractivity contribution is 0.433. The van der Waals surface area contributed by atoms with Gasteiger partial charge in [0.15, 0.2) is 5.65 Å². The minimum absolute atomic E-state index is 0.428. The molecule has 0 radical (unpaired) electrons. The van der Waals surface area contributed by atoms with E-state index in [9.17, 15) is 0 Å². The number of aromatic nitrogens is 4. The standard InChI is InChI=1S/C13H21N7/c1-2-5-9-6-3-4-7-20(9)12-10-8-15-19-11(10)16-13(17-12)18-14/h8-9H,2-7,14H2,1H3,(H2,15,16,17,18,19). The van der Waals surface area contributed by atoms with Crippen molar-refractivity contribution in [3.05, 3.63) is 6.20 Å². The van der Waals surface area contributed by atoms with E-state index >= 15 is 0 Å². The van der Waals surface area contributed by atoms with Crippen molar-refractivity contribution in [2.45, 2.75) is 45.1 Å². The number of nitrogens with zero attached hydrogens (tertiary/aromatic N) is 4. The van der Waals surface area contributed by atoms with Gasteiger partial charge in [-0.1, -0.05) is 13.3 Å². The Kier molecular flexibility index (Phi) is 3.68. The molecule has 108 valence electrons. The maximum absolute atomic E-state index is 5.47. The number of hydrogen-bond donors (Lipinski definition) is 3. The highest BCUT2D eigenvalue weighted by molar-refractivity contribution is 5.87. The maximum atomic E-state index is 5.47. The molecular weight excluding hydrogens is 254 g/mol. The van der Waals surface area contributed by atoms with E-state index in [1.807, 2.05) is 0 Å². The van der Waals surface area contributed by atoms with Gasteiger partial charge < -0.3 is 4.90 Å². The summed E-state index contributed by atoms with van der Waals surface area (Å²) in [4.78, 5) is 11.3. The maximum Gasteiger partial charge on any atom is 0.241 e. The number of fused-ring (bicyclic) bond motifs is 1. The fourth-order valence-corrected chi connectivity index (χ4v) is 3.02. The zero-order valence-corrected chi connectivity index (χ0v) is 11.8. The van der Waals surface area contributed by atoms with Crippen molar-refractivity contribution in [2.75, 3.05) is 16.9 Å². The molecule has 0 aromatic carbocycles. The Labute approximate surface area is 117 Å². The fraction of sp³-hybridized carbons (Fsp3) is 0.615. The third-order valence-electron chi connectivity index (χ3n) is 3.94. The molecule has 1 unspecified atom stereocenters. The van der Waals surface area contributed by atoms with Gasteiger partial charge in [0.2, 0.25) is 5.95 Å². The Balaban J connectivity index is 2.04. The minimum atomic E-state index is 0.428. The largest absolute Gasteiger partial charge is 0.353 e. The van der Waals surface area contributed by atoms with Crippen LogP contribution in [0.5, 0.6) is 0 Å². The topological polar surface area (TPSA) is 95.8 Å². The Morgan fingerprint density at radius 3 is 3.15 bits per heavy atom. The Hall–Kier alpha value is -1.89. The summed E-state index contributed by atoms with van der Waals surface area (Å²) in [6.07, 6.45) is 7.89. The van der Waals surface area contributed by atoms with E-state index in [0.717, 1.165) is 23.4 Å². The molecule has 3 rings (SSSR count). The summed E-state index contributed by atoms with van der Waals surface area (Å²) in [6.45, 7) is 3.26. The summed E-state index contributed by atoms with van der Waals surface area (Å²) >= 11 is 0. The van der Waals surface area contributed by atoms with Crippen molar-refractivity contribution in [3.63, 3.8) is 0 Å². The van der Waals surface area contributed by atoms with E-state index in [0.29, 0.717) is 12.0 Å². The fourth-order valence-electron chi connectivity index (χ4n) is 3.02. The van der Waals surface area contributed by atoms with Crippen LogP contribution in [-0.2, 0) is 0 Å². The average molecular weight is 275 g/mol. The van der Waals surface area contributed by atoms with Crippen molar-refractivity contribution < 1.29 is 0 Å². The number of rotatable bonds is 4. The molecule has 4 N–H and O–H groups in total. The minimum Gasteiger partial charge on any atom is -0.353 e. The van der Waals surface area contributed by atoms with Crippen LogP contribution >= 0.6 is 0 Å². The first-order valence-electron chi connectivity index (χ1n) is 7.28. The lowest BCUT2D eigenvalue weighted by Crippen LogP contribution is -2.40. The van der Waals surface area contributed by atoms with Gasteiger partial charge in [-0.05, 0) is 25.7 Å². The molecule has 0 bridgehead atoms. The van der Waals surface area contributed by atoms with Crippen molar-refractivity contribution in [2.24, 2.45) is 5.84 Å². The zero-order valence-electron chi connectivity index (χ0n) is 11.8. The Bertz CT molecular complexity index is 577. The number of nitrogens with one attached hydrogen (secondary N) is 2. The summed E-state index contributed by atoms with van der Waals surface area (Å²) in [5, 5.41) is 7.94.